The van der Waals surface area contributed by atoms with E-state index >= 15 is 0 Å². The molecule has 0 amide bonds. The summed E-state index contributed by atoms with van der Waals surface area (Å²) in [6.45, 7) is -2.29. The fraction of sp³-hybridized carbons (Fsp3) is 0.222. The third-order valence-electron chi connectivity index (χ3n) is 1.33. The summed E-state index contributed by atoms with van der Waals surface area (Å²) < 4.78 is 26.1. The fourth-order valence-electron chi connectivity index (χ4n) is 0.771. The van der Waals surface area contributed by atoms with E-state index in [1.54, 1.807) is 12.1 Å². The lowest BCUT2D eigenvalue weighted by molar-refractivity contribution is 0.0600. The molecule has 0 aliphatic carbocycles. The molecular weight excluding hydrogens is 140 g/mol. The maximum absolute atomic E-state index is 11.2. The number of hydrogen-bond donors (Lipinski definition) is 0. The van der Waals surface area contributed by atoms with Crippen molar-refractivity contribution >= 4 is 5.97 Å². The zero-order valence-corrected chi connectivity index (χ0v) is 6.13. The number of aryl methyl sites for hydroxylation is 1. The Hall–Kier alpha value is -1.31. The van der Waals surface area contributed by atoms with Crippen molar-refractivity contribution in [2.24, 2.45) is 0 Å². The van der Waals surface area contributed by atoms with Gasteiger partial charge in [0.2, 0.25) is 0 Å². The van der Waals surface area contributed by atoms with Crippen LogP contribution in [0.4, 0.5) is 0 Å². The van der Waals surface area contributed by atoms with Gasteiger partial charge in [-0.2, -0.15) is 0 Å². The molecule has 0 bridgehead atoms. The molecular formula is C9H10O2. The summed E-state index contributed by atoms with van der Waals surface area (Å²) in [6.07, 6.45) is 0. The van der Waals surface area contributed by atoms with Gasteiger partial charge in [-0.3, -0.25) is 0 Å². The number of ether oxygens (including phenoxy) is 1. The SMILES string of the molecule is [2H]C([2H])([2H])c1ccccc1C(=O)OC. The summed E-state index contributed by atoms with van der Waals surface area (Å²) in [5, 5.41) is 0. The number of benzene rings is 1. The summed E-state index contributed by atoms with van der Waals surface area (Å²) in [4.78, 5) is 11.2. The van der Waals surface area contributed by atoms with E-state index in [-0.39, 0.29) is 11.1 Å². The van der Waals surface area contributed by atoms with Gasteiger partial charge in [0.05, 0.1) is 12.7 Å². The van der Waals surface area contributed by atoms with Crippen molar-refractivity contribution < 1.29 is 13.6 Å². The molecule has 2 heteroatoms. The largest absolute Gasteiger partial charge is 0.465 e. The number of methoxy groups -OCH3 is 1. The van der Waals surface area contributed by atoms with E-state index in [1.165, 1.54) is 19.2 Å². The van der Waals surface area contributed by atoms with Gasteiger partial charge in [0.1, 0.15) is 0 Å². The highest BCUT2D eigenvalue weighted by molar-refractivity contribution is 5.90. The second-order valence-electron chi connectivity index (χ2n) is 2.04. The van der Waals surface area contributed by atoms with Gasteiger partial charge in [0.25, 0.3) is 0 Å². The molecule has 0 heterocycles. The average molecular weight is 153 g/mol. The highest BCUT2D eigenvalue weighted by Gasteiger charge is 2.05. The third-order valence-corrected chi connectivity index (χ3v) is 1.33. The first-order valence-corrected chi connectivity index (χ1v) is 3.14. The van der Waals surface area contributed by atoms with Gasteiger partial charge >= 0.3 is 5.97 Å². The van der Waals surface area contributed by atoms with E-state index in [0.29, 0.717) is 0 Å². The molecule has 0 aromatic heterocycles. The van der Waals surface area contributed by atoms with E-state index in [1.807, 2.05) is 0 Å². The molecule has 1 aromatic carbocycles. The van der Waals surface area contributed by atoms with Crippen LogP contribution in [-0.4, -0.2) is 13.1 Å². The van der Waals surface area contributed by atoms with E-state index in [2.05, 4.69) is 4.74 Å². The zero-order chi connectivity index (χ0) is 10.8. The summed E-state index contributed by atoms with van der Waals surface area (Å²) in [6, 6.07) is 6.02. The molecule has 1 aromatic rings. The molecule has 2 nitrogen and oxygen atoms in total. The van der Waals surface area contributed by atoms with Crippen molar-refractivity contribution in [2.75, 3.05) is 7.11 Å². The summed E-state index contributed by atoms with van der Waals surface area (Å²) in [5.41, 5.74) is 0.113. The van der Waals surface area contributed by atoms with Crippen molar-refractivity contribution in [3.05, 3.63) is 35.4 Å². The minimum Gasteiger partial charge on any atom is -0.465 e. The van der Waals surface area contributed by atoms with Crippen LogP contribution in [0.25, 0.3) is 0 Å². The number of carbonyl (C=O) groups excluding carboxylic acids is 1. The van der Waals surface area contributed by atoms with Crippen LogP contribution in [-0.2, 0) is 4.74 Å². The Labute approximate surface area is 70.0 Å². The van der Waals surface area contributed by atoms with Gasteiger partial charge in [-0.25, -0.2) is 4.79 Å². The minimum atomic E-state index is -2.29. The van der Waals surface area contributed by atoms with Gasteiger partial charge < -0.3 is 4.74 Å². The van der Waals surface area contributed by atoms with Crippen molar-refractivity contribution in [3.63, 3.8) is 0 Å². The predicted molar refractivity (Wildman–Crippen MR) is 42.5 cm³/mol. The molecule has 0 aliphatic rings. The average Bonchev–Trinajstić information content (AvgIpc) is 2.15. The van der Waals surface area contributed by atoms with Crippen molar-refractivity contribution in [1.82, 2.24) is 0 Å². The van der Waals surface area contributed by atoms with Crippen LogP contribution in [0.15, 0.2) is 24.3 Å². The molecule has 58 valence electrons. The maximum atomic E-state index is 11.2. The first kappa shape index (κ1) is 4.54. The molecule has 0 atom stereocenters. The Morgan fingerprint density at radius 2 is 2.27 bits per heavy atom. The number of esters is 1. The Morgan fingerprint density at radius 3 is 2.91 bits per heavy atom. The van der Waals surface area contributed by atoms with E-state index in [0.717, 1.165) is 0 Å². The van der Waals surface area contributed by atoms with E-state index in [9.17, 15) is 4.79 Å². The van der Waals surface area contributed by atoms with Gasteiger partial charge in [0.15, 0.2) is 0 Å². The molecule has 0 aliphatic heterocycles. The van der Waals surface area contributed by atoms with Crippen molar-refractivity contribution in [3.8, 4) is 0 Å². The molecule has 0 unspecified atom stereocenters. The van der Waals surface area contributed by atoms with Gasteiger partial charge in [-0.1, -0.05) is 18.2 Å². The van der Waals surface area contributed by atoms with Gasteiger partial charge in [-0.15, -0.1) is 0 Å². The molecule has 11 heavy (non-hydrogen) atoms. The highest BCUT2D eigenvalue weighted by Crippen LogP contribution is 2.07. The van der Waals surface area contributed by atoms with Crippen molar-refractivity contribution in [1.29, 1.82) is 0 Å². The minimum absolute atomic E-state index is 0.0202. The second-order valence-corrected chi connectivity index (χ2v) is 2.04. The van der Waals surface area contributed by atoms with Gasteiger partial charge in [-0.05, 0) is 18.5 Å². The molecule has 0 saturated heterocycles. The Bertz CT molecular complexity index is 344. The second kappa shape index (κ2) is 3.19. The standard InChI is InChI=1S/C9H10O2/c1-7-5-3-4-6-8(7)9(10)11-2/h3-6H,1-2H3/i1D3. The van der Waals surface area contributed by atoms with Crippen LogP contribution in [0, 0.1) is 6.85 Å². The van der Waals surface area contributed by atoms with Crippen LogP contribution in [0.5, 0.6) is 0 Å². The number of hydrogen-bond acceptors (Lipinski definition) is 2. The Kier molecular flexibility index (Phi) is 1.32. The van der Waals surface area contributed by atoms with E-state index < -0.39 is 12.8 Å². The Balaban J connectivity index is 3.23. The third kappa shape index (κ3) is 1.58. The van der Waals surface area contributed by atoms with E-state index in [4.69, 9.17) is 4.11 Å². The molecule has 0 fully saturated rings. The van der Waals surface area contributed by atoms with Crippen LogP contribution in [0.1, 0.15) is 20.0 Å². The quantitative estimate of drug-likeness (QED) is 0.575. The van der Waals surface area contributed by atoms with Crippen LogP contribution in [0.3, 0.4) is 0 Å². The zero-order valence-electron chi connectivity index (χ0n) is 9.13. The first-order valence-electron chi connectivity index (χ1n) is 4.64. The van der Waals surface area contributed by atoms with Gasteiger partial charge in [0, 0.05) is 4.11 Å². The molecule has 0 saturated carbocycles. The molecule has 0 radical (unpaired) electrons. The number of rotatable bonds is 1. The molecule has 0 N–H and O–H groups in total. The monoisotopic (exact) mass is 153 g/mol. The first-order chi connectivity index (χ1) is 6.46. The lowest BCUT2D eigenvalue weighted by atomic mass is 10.1. The lowest BCUT2D eigenvalue weighted by Gasteiger charge is -2.00. The van der Waals surface area contributed by atoms with Crippen molar-refractivity contribution in [2.45, 2.75) is 6.85 Å². The lowest BCUT2D eigenvalue weighted by Crippen LogP contribution is -2.02. The van der Waals surface area contributed by atoms with Crippen LogP contribution >= 0.6 is 0 Å². The molecule has 0 spiro atoms. The summed E-state index contributed by atoms with van der Waals surface area (Å²) in [5.74, 6) is -0.628. The predicted octanol–water partition coefficient (Wildman–Crippen LogP) is 1.78. The number of carbonyl (C=O) groups is 1. The molecule has 1 rings (SSSR count). The highest BCUT2D eigenvalue weighted by atomic mass is 16.5. The summed E-state index contributed by atoms with van der Waals surface area (Å²) in [7, 11) is 1.22. The topological polar surface area (TPSA) is 26.3 Å². The fourth-order valence-corrected chi connectivity index (χ4v) is 0.771. The van der Waals surface area contributed by atoms with Crippen LogP contribution < -0.4 is 0 Å². The summed E-state index contributed by atoms with van der Waals surface area (Å²) >= 11 is 0. The smallest absolute Gasteiger partial charge is 0.338 e. The normalized spacial score (nSPS) is 14.5. The Morgan fingerprint density at radius 1 is 1.55 bits per heavy atom. The van der Waals surface area contributed by atoms with Crippen LogP contribution in [0.2, 0.25) is 0 Å². The maximum Gasteiger partial charge on any atom is 0.338 e.